The maximum atomic E-state index is 2.70. The van der Waals surface area contributed by atoms with Gasteiger partial charge >= 0.3 is 0 Å². The molecule has 2 heteroatoms. The van der Waals surface area contributed by atoms with E-state index in [4.69, 9.17) is 0 Å². The molecule has 2 nitrogen and oxygen atoms in total. The van der Waals surface area contributed by atoms with Crippen molar-refractivity contribution in [1.82, 2.24) is 9.80 Å². The summed E-state index contributed by atoms with van der Waals surface area (Å²) in [6, 6.07) is 0.842. The lowest BCUT2D eigenvalue weighted by Gasteiger charge is -2.43. The van der Waals surface area contributed by atoms with Gasteiger partial charge in [0.25, 0.3) is 0 Å². The summed E-state index contributed by atoms with van der Waals surface area (Å²) in [5.74, 6) is 1.85. The van der Waals surface area contributed by atoms with Crippen LogP contribution in [0.5, 0.6) is 0 Å². The van der Waals surface area contributed by atoms with Gasteiger partial charge in [-0.15, -0.1) is 0 Å². The molecule has 136 valence electrons. The van der Waals surface area contributed by atoms with Crippen molar-refractivity contribution in [2.45, 2.75) is 91.6 Å². The molecule has 1 saturated heterocycles. The zero-order chi connectivity index (χ0) is 17.3. The van der Waals surface area contributed by atoms with Crippen molar-refractivity contribution < 1.29 is 0 Å². The molecule has 0 amide bonds. The minimum Gasteiger partial charge on any atom is -0.303 e. The van der Waals surface area contributed by atoms with Crippen LogP contribution in [0.3, 0.4) is 0 Å². The van der Waals surface area contributed by atoms with Crippen molar-refractivity contribution in [2.75, 3.05) is 26.7 Å². The first-order valence-electron chi connectivity index (χ1n) is 10.0. The molecule has 1 aliphatic heterocycles. The lowest BCUT2D eigenvalue weighted by molar-refractivity contribution is 0.0598. The van der Waals surface area contributed by atoms with E-state index in [9.17, 15) is 0 Å². The molecular weight excluding hydrogens is 280 g/mol. The van der Waals surface area contributed by atoms with Crippen LogP contribution >= 0.6 is 0 Å². The largest absolute Gasteiger partial charge is 0.303 e. The van der Waals surface area contributed by atoms with E-state index in [1.165, 1.54) is 58.2 Å². The monoisotopic (exact) mass is 322 g/mol. The van der Waals surface area contributed by atoms with Crippen molar-refractivity contribution in [3.63, 3.8) is 0 Å². The zero-order valence-electron chi connectivity index (χ0n) is 17.0. The van der Waals surface area contributed by atoms with Crippen molar-refractivity contribution in [3.8, 4) is 0 Å². The second-order valence-electron chi connectivity index (χ2n) is 10.4. The fourth-order valence-corrected chi connectivity index (χ4v) is 4.73. The van der Waals surface area contributed by atoms with Crippen LogP contribution in [0.2, 0.25) is 0 Å². The molecule has 0 aromatic carbocycles. The standard InChI is InChI=1S/C21H42N2/c1-20(2,3)18-8-10-19(11-9-18)22(7)16-17-12-14-23(15-13-17)21(4,5)6/h17-19H,8-16H2,1-7H3. The summed E-state index contributed by atoms with van der Waals surface area (Å²) < 4.78 is 0. The molecule has 0 N–H and O–H groups in total. The summed E-state index contributed by atoms with van der Waals surface area (Å²) in [7, 11) is 2.39. The number of likely N-dealkylation sites (tertiary alicyclic amines) is 1. The summed E-state index contributed by atoms with van der Waals surface area (Å²) in [6.45, 7) is 18.2. The Labute approximate surface area is 146 Å². The van der Waals surface area contributed by atoms with E-state index in [1.807, 2.05) is 0 Å². The Morgan fingerprint density at radius 2 is 1.35 bits per heavy atom. The van der Waals surface area contributed by atoms with Crippen LogP contribution < -0.4 is 0 Å². The molecule has 0 unspecified atom stereocenters. The van der Waals surface area contributed by atoms with Gasteiger partial charge in [-0.25, -0.2) is 0 Å². The Balaban J connectivity index is 1.73. The Bertz CT molecular complexity index is 347. The molecule has 0 radical (unpaired) electrons. The normalized spacial score (nSPS) is 29.2. The molecule has 0 bridgehead atoms. The number of hydrogen-bond donors (Lipinski definition) is 0. The van der Waals surface area contributed by atoms with E-state index in [-0.39, 0.29) is 0 Å². The van der Waals surface area contributed by atoms with Crippen LogP contribution in [0, 0.1) is 17.3 Å². The topological polar surface area (TPSA) is 6.48 Å². The van der Waals surface area contributed by atoms with Crippen LogP contribution in [0.25, 0.3) is 0 Å². The summed E-state index contributed by atoms with van der Waals surface area (Å²) in [4.78, 5) is 5.37. The minimum absolute atomic E-state index is 0.349. The van der Waals surface area contributed by atoms with Gasteiger partial charge < -0.3 is 4.90 Å². The maximum Gasteiger partial charge on any atom is 0.0125 e. The Hall–Kier alpha value is -0.0800. The number of piperidine rings is 1. The van der Waals surface area contributed by atoms with Gasteiger partial charge in [0.2, 0.25) is 0 Å². The Morgan fingerprint density at radius 1 is 0.826 bits per heavy atom. The fraction of sp³-hybridized carbons (Fsp3) is 1.00. The highest BCUT2D eigenvalue weighted by molar-refractivity contribution is 4.86. The summed E-state index contributed by atoms with van der Waals surface area (Å²) >= 11 is 0. The van der Waals surface area contributed by atoms with Crippen molar-refractivity contribution in [1.29, 1.82) is 0 Å². The smallest absolute Gasteiger partial charge is 0.0125 e. The Morgan fingerprint density at radius 3 is 1.78 bits per heavy atom. The van der Waals surface area contributed by atoms with Gasteiger partial charge in [0.1, 0.15) is 0 Å². The molecule has 1 aliphatic carbocycles. The fourth-order valence-electron chi connectivity index (χ4n) is 4.73. The highest BCUT2D eigenvalue weighted by Crippen LogP contribution is 2.39. The van der Waals surface area contributed by atoms with E-state index < -0.39 is 0 Å². The van der Waals surface area contributed by atoms with Gasteiger partial charge in [-0.2, -0.15) is 0 Å². The molecule has 1 heterocycles. The van der Waals surface area contributed by atoms with E-state index >= 15 is 0 Å². The van der Waals surface area contributed by atoms with Crippen LogP contribution in [0.4, 0.5) is 0 Å². The van der Waals surface area contributed by atoms with E-state index in [1.54, 1.807) is 0 Å². The lowest BCUT2D eigenvalue weighted by Crippen LogP contribution is -2.48. The maximum absolute atomic E-state index is 2.70. The summed E-state index contributed by atoms with van der Waals surface area (Å²) in [5, 5.41) is 0. The molecule has 0 aromatic rings. The number of hydrogen-bond acceptors (Lipinski definition) is 2. The van der Waals surface area contributed by atoms with Gasteiger partial charge in [0, 0.05) is 18.1 Å². The van der Waals surface area contributed by atoms with Gasteiger partial charge in [0.15, 0.2) is 0 Å². The minimum atomic E-state index is 0.349. The van der Waals surface area contributed by atoms with Gasteiger partial charge in [-0.3, -0.25) is 4.90 Å². The van der Waals surface area contributed by atoms with Gasteiger partial charge in [-0.05, 0) is 96.7 Å². The second-order valence-corrected chi connectivity index (χ2v) is 10.4. The third-order valence-corrected chi connectivity index (χ3v) is 6.65. The number of nitrogens with zero attached hydrogens (tertiary/aromatic N) is 2. The molecule has 0 spiro atoms. The first-order chi connectivity index (χ1) is 10.6. The van der Waals surface area contributed by atoms with E-state index in [2.05, 4.69) is 58.4 Å². The van der Waals surface area contributed by atoms with Crippen LogP contribution in [-0.4, -0.2) is 48.1 Å². The molecule has 23 heavy (non-hydrogen) atoms. The molecule has 1 saturated carbocycles. The molecular formula is C21H42N2. The predicted octanol–water partition coefficient (Wildman–Crippen LogP) is 5.03. The first kappa shape index (κ1) is 19.2. The molecule has 2 rings (SSSR count). The van der Waals surface area contributed by atoms with Crippen molar-refractivity contribution in [3.05, 3.63) is 0 Å². The SMILES string of the molecule is CN(CC1CCN(C(C)(C)C)CC1)C1CCC(C(C)(C)C)CC1. The highest BCUT2D eigenvalue weighted by atomic mass is 15.2. The zero-order valence-corrected chi connectivity index (χ0v) is 17.0. The molecule has 2 fully saturated rings. The van der Waals surface area contributed by atoms with E-state index in [0.29, 0.717) is 11.0 Å². The quantitative estimate of drug-likeness (QED) is 0.718. The predicted molar refractivity (Wildman–Crippen MR) is 102 cm³/mol. The van der Waals surface area contributed by atoms with Crippen LogP contribution in [-0.2, 0) is 0 Å². The third-order valence-electron chi connectivity index (χ3n) is 6.65. The third kappa shape index (κ3) is 5.46. The Kier molecular flexibility index (Phi) is 6.22. The highest BCUT2D eigenvalue weighted by Gasteiger charge is 2.32. The number of rotatable bonds is 3. The van der Waals surface area contributed by atoms with Gasteiger partial charge in [-0.1, -0.05) is 20.8 Å². The average molecular weight is 323 g/mol. The average Bonchev–Trinajstić information content (AvgIpc) is 2.46. The van der Waals surface area contributed by atoms with Crippen LogP contribution in [0.15, 0.2) is 0 Å². The molecule has 0 atom stereocenters. The van der Waals surface area contributed by atoms with E-state index in [0.717, 1.165) is 17.9 Å². The lowest BCUT2D eigenvalue weighted by atomic mass is 9.71. The van der Waals surface area contributed by atoms with Crippen molar-refractivity contribution >= 4 is 0 Å². The first-order valence-corrected chi connectivity index (χ1v) is 10.0. The summed E-state index contributed by atoms with van der Waals surface area (Å²) in [6.07, 6.45) is 8.47. The van der Waals surface area contributed by atoms with Crippen molar-refractivity contribution in [2.24, 2.45) is 17.3 Å². The molecule has 0 aromatic heterocycles. The second kappa shape index (κ2) is 7.44. The molecule has 2 aliphatic rings. The van der Waals surface area contributed by atoms with Gasteiger partial charge in [0.05, 0.1) is 0 Å². The summed E-state index contributed by atoms with van der Waals surface area (Å²) in [5.41, 5.74) is 0.853. The van der Waals surface area contributed by atoms with Crippen LogP contribution in [0.1, 0.15) is 80.1 Å².